The van der Waals surface area contributed by atoms with Crippen molar-refractivity contribution in [2.45, 2.75) is 6.92 Å². The minimum absolute atomic E-state index is 0.170. The Morgan fingerprint density at radius 3 is 2.03 bits per heavy atom. The summed E-state index contributed by atoms with van der Waals surface area (Å²) >= 11 is 0. The van der Waals surface area contributed by atoms with Crippen LogP contribution in [-0.2, 0) is 7.05 Å². The maximum absolute atomic E-state index is 13.2. The Morgan fingerprint density at radius 1 is 0.833 bits per heavy atom. The highest BCUT2D eigenvalue weighted by Crippen LogP contribution is 2.18. The molecule has 30 heavy (non-hydrogen) atoms. The third-order valence-electron chi connectivity index (χ3n) is 4.89. The van der Waals surface area contributed by atoms with Crippen molar-refractivity contribution >= 4 is 17.2 Å². The van der Waals surface area contributed by atoms with E-state index < -0.39 is 0 Å². The molecule has 150 valence electrons. The first-order chi connectivity index (χ1) is 14.6. The second kappa shape index (κ2) is 8.53. The molecule has 3 aromatic carbocycles. The predicted molar refractivity (Wildman–Crippen MR) is 122 cm³/mol. The molecule has 0 aliphatic rings. The highest BCUT2D eigenvalue weighted by molar-refractivity contribution is 6.01. The Bertz CT molecular complexity index is 1210. The quantitative estimate of drug-likeness (QED) is 0.302. The Hall–Kier alpha value is -4.06. The number of hydrogen-bond acceptors (Lipinski definition) is 3. The number of aliphatic imine (C=N–C) groups is 1. The van der Waals surface area contributed by atoms with Crippen molar-refractivity contribution in [3.63, 3.8) is 0 Å². The molecule has 2 N–H and O–H groups in total. The van der Waals surface area contributed by atoms with E-state index in [0.29, 0.717) is 11.5 Å². The van der Waals surface area contributed by atoms with Crippen LogP contribution in [0, 0.1) is 6.92 Å². The van der Waals surface area contributed by atoms with Crippen molar-refractivity contribution in [2.75, 3.05) is 5.43 Å². The smallest absolute Gasteiger partial charge is 0.297 e. The van der Waals surface area contributed by atoms with Crippen LogP contribution in [0.2, 0.25) is 0 Å². The molecule has 0 saturated heterocycles. The van der Waals surface area contributed by atoms with Gasteiger partial charge in [0.25, 0.3) is 5.56 Å². The molecule has 0 aliphatic heterocycles. The van der Waals surface area contributed by atoms with Crippen LogP contribution < -0.4 is 16.4 Å². The number of amidine groups is 1. The van der Waals surface area contributed by atoms with E-state index in [2.05, 4.69) is 10.9 Å². The summed E-state index contributed by atoms with van der Waals surface area (Å²) in [5, 5.41) is 0. The summed E-state index contributed by atoms with van der Waals surface area (Å²) in [5.41, 5.74) is 9.89. The molecular formula is C24H23N5O. The maximum Gasteiger partial charge on any atom is 0.297 e. The van der Waals surface area contributed by atoms with Crippen molar-refractivity contribution in [1.82, 2.24) is 14.8 Å². The zero-order valence-electron chi connectivity index (χ0n) is 16.9. The molecule has 6 heteroatoms. The average molecular weight is 397 g/mol. The monoisotopic (exact) mass is 397 g/mol. The Balaban J connectivity index is 1.78. The van der Waals surface area contributed by atoms with Crippen LogP contribution in [-0.4, -0.2) is 15.2 Å². The van der Waals surface area contributed by atoms with E-state index in [-0.39, 0.29) is 5.56 Å². The molecule has 4 aromatic rings. The highest BCUT2D eigenvalue weighted by atomic mass is 16.1. The molecule has 4 rings (SSSR count). The number of hydrazine groups is 1. The van der Waals surface area contributed by atoms with Crippen LogP contribution in [0.1, 0.15) is 11.3 Å². The van der Waals surface area contributed by atoms with Crippen LogP contribution in [0.15, 0.2) is 101 Å². The number of para-hydroxylation sites is 2. The van der Waals surface area contributed by atoms with Gasteiger partial charge in [-0.3, -0.25) is 20.3 Å². The standard InChI is InChI=1S/C24H23N5O/c1-18-22(24(30)29(28(18)2)21-16-10-5-11-17-21)25-23(19-12-6-3-7-13-19)27-26-20-14-8-4-9-15-20/h3-17,26H,1-2H3,(H,25,27). The minimum Gasteiger partial charge on any atom is -0.300 e. The minimum atomic E-state index is -0.170. The third kappa shape index (κ3) is 3.89. The third-order valence-corrected chi connectivity index (χ3v) is 4.89. The lowest BCUT2D eigenvalue weighted by Crippen LogP contribution is -2.30. The Morgan fingerprint density at radius 2 is 1.40 bits per heavy atom. The van der Waals surface area contributed by atoms with Crippen molar-refractivity contribution < 1.29 is 0 Å². The van der Waals surface area contributed by atoms with Gasteiger partial charge in [0.1, 0.15) is 0 Å². The summed E-state index contributed by atoms with van der Waals surface area (Å²) < 4.78 is 3.45. The zero-order chi connectivity index (χ0) is 20.9. The van der Waals surface area contributed by atoms with Crippen LogP contribution in [0.4, 0.5) is 11.4 Å². The first-order valence-corrected chi connectivity index (χ1v) is 9.70. The first-order valence-electron chi connectivity index (χ1n) is 9.70. The summed E-state index contributed by atoms with van der Waals surface area (Å²) in [5.74, 6) is 0.561. The van der Waals surface area contributed by atoms with Crippen LogP contribution in [0.5, 0.6) is 0 Å². The molecule has 0 atom stereocenters. The predicted octanol–water partition coefficient (Wildman–Crippen LogP) is 4.18. The van der Waals surface area contributed by atoms with E-state index in [9.17, 15) is 4.79 Å². The SMILES string of the molecule is Cc1c(N=C(NNc2ccccc2)c2ccccc2)c(=O)n(-c2ccccc2)n1C. The molecule has 6 nitrogen and oxygen atoms in total. The molecule has 1 aromatic heterocycles. The van der Waals surface area contributed by atoms with E-state index in [4.69, 9.17) is 4.99 Å². The Kier molecular flexibility index (Phi) is 5.48. The van der Waals surface area contributed by atoms with Crippen molar-refractivity contribution in [1.29, 1.82) is 0 Å². The van der Waals surface area contributed by atoms with Gasteiger partial charge in [0, 0.05) is 12.6 Å². The molecule has 0 radical (unpaired) electrons. The molecule has 0 spiro atoms. The molecule has 1 heterocycles. The number of benzene rings is 3. The molecule has 0 bridgehead atoms. The molecule has 0 aliphatic carbocycles. The number of nitrogens with one attached hydrogen (secondary N) is 2. The van der Waals surface area contributed by atoms with Gasteiger partial charge in [-0.15, -0.1) is 0 Å². The lowest BCUT2D eigenvalue weighted by molar-refractivity contribution is 0.630. The van der Waals surface area contributed by atoms with Crippen LogP contribution in [0.3, 0.4) is 0 Å². The number of nitrogens with zero attached hydrogens (tertiary/aromatic N) is 3. The van der Waals surface area contributed by atoms with Crippen molar-refractivity contribution in [3.05, 3.63) is 113 Å². The molecule has 0 fully saturated rings. The summed E-state index contributed by atoms with van der Waals surface area (Å²) in [7, 11) is 1.86. The Labute approximate surface area is 175 Å². The van der Waals surface area contributed by atoms with E-state index >= 15 is 0 Å². The highest BCUT2D eigenvalue weighted by Gasteiger charge is 2.17. The lowest BCUT2D eigenvalue weighted by Gasteiger charge is -2.12. The van der Waals surface area contributed by atoms with Gasteiger partial charge < -0.3 is 0 Å². The van der Waals surface area contributed by atoms with E-state index in [1.54, 1.807) is 4.68 Å². The average Bonchev–Trinajstić information content (AvgIpc) is 3.01. The number of rotatable bonds is 5. The van der Waals surface area contributed by atoms with E-state index in [1.807, 2.05) is 110 Å². The summed E-state index contributed by atoms with van der Waals surface area (Å²) in [6.45, 7) is 1.90. The normalized spacial score (nSPS) is 11.3. The van der Waals surface area contributed by atoms with Gasteiger partial charge in [-0.05, 0) is 31.2 Å². The van der Waals surface area contributed by atoms with Gasteiger partial charge in [-0.1, -0.05) is 66.7 Å². The maximum atomic E-state index is 13.2. The van der Waals surface area contributed by atoms with Gasteiger partial charge in [-0.25, -0.2) is 9.67 Å². The zero-order valence-corrected chi connectivity index (χ0v) is 16.9. The van der Waals surface area contributed by atoms with E-state index in [0.717, 1.165) is 22.6 Å². The summed E-state index contributed by atoms with van der Waals surface area (Å²) in [6.07, 6.45) is 0. The molecular weight excluding hydrogens is 374 g/mol. The van der Waals surface area contributed by atoms with E-state index in [1.165, 1.54) is 0 Å². The summed E-state index contributed by atoms with van der Waals surface area (Å²) in [4.78, 5) is 18.0. The largest absolute Gasteiger partial charge is 0.300 e. The second-order valence-electron chi connectivity index (χ2n) is 6.85. The molecule has 0 saturated carbocycles. The van der Waals surface area contributed by atoms with Crippen LogP contribution >= 0.6 is 0 Å². The van der Waals surface area contributed by atoms with Gasteiger partial charge in [0.2, 0.25) is 0 Å². The van der Waals surface area contributed by atoms with Crippen molar-refractivity contribution in [3.8, 4) is 5.69 Å². The lowest BCUT2D eigenvalue weighted by atomic mass is 10.2. The van der Waals surface area contributed by atoms with Crippen molar-refractivity contribution in [2.24, 2.45) is 12.0 Å². The summed E-state index contributed by atoms with van der Waals surface area (Å²) in [6, 6.07) is 29.0. The fourth-order valence-electron chi connectivity index (χ4n) is 3.21. The fourth-order valence-corrected chi connectivity index (χ4v) is 3.21. The van der Waals surface area contributed by atoms with Gasteiger partial charge in [0.15, 0.2) is 11.5 Å². The molecule has 0 amide bonds. The molecule has 0 unspecified atom stereocenters. The second-order valence-corrected chi connectivity index (χ2v) is 6.85. The number of anilines is 1. The first kappa shape index (κ1) is 19.3. The van der Waals surface area contributed by atoms with Gasteiger partial charge in [-0.2, -0.15) is 0 Å². The number of hydrogen-bond donors (Lipinski definition) is 2. The van der Waals surface area contributed by atoms with Crippen LogP contribution in [0.25, 0.3) is 5.69 Å². The topological polar surface area (TPSA) is 63.4 Å². The fraction of sp³-hybridized carbons (Fsp3) is 0.0833. The van der Waals surface area contributed by atoms with Gasteiger partial charge >= 0.3 is 0 Å². The van der Waals surface area contributed by atoms with Gasteiger partial charge in [0.05, 0.1) is 17.1 Å². The number of aromatic nitrogens is 2.